The first-order valence-corrected chi connectivity index (χ1v) is 11.3. The minimum absolute atomic E-state index is 0.138. The molecule has 0 radical (unpaired) electrons. The molecule has 156 valence electrons. The molecule has 1 aliphatic rings. The highest BCUT2D eigenvalue weighted by atomic mass is 35.5. The van der Waals surface area contributed by atoms with Crippen LogP contribution in [0.25, 0.3) is 5.69 Å². The van der Waals surface area contributed by atoms with Gasteiger partial charge >= 0.3 is 0 Å². The zero-order valence-corrected chi connectivity index (χ0v) is 17.6. The fourth-order valence-corrected chi connectivity index (χ4v) is 4.36. The Labute approximate surface area is 179 Å². The van der Waals surface area contributed by atoms with E-state index in [4.69, 9.17) is 16.3 Å². The minimum Gasteiger partial charge on any atom is -0.476 e. The lowest BCUT2D eigenvalue weighted by atomic mass is 10.1. The van der Waals surface area contributed by atoms with Gasteiger partial charge in [0.2, 0.25) is 10.0 Å². The van der Waals surface area contributed by atoms with Gasteiger partial charge in [-0.15, -0.1) is 0 Å². The number of hydrogen-bond acceptors (Lipinski definition) is 5. The van der Waals surface area contributed by atoms with E-state index in [1.54, 1.807) is 24.7 Å². The number of anilines is 1. The third kappa shape index (κ3) is 4.12. The number of para-hydroxylation sites is 1. The molecule has 0 saturated heterocycles. The van der Waals surface area contributed by atoms with Gasteiger partial charge in [-0.25, -0.2) is 13.4 Å². The number of nitrogens with zero attached hydrogens (tertiary/aromatic N) is 3. The van der Waals surface area contributed by atoms with E-state index in [0.717, 1.165) is 21.8 Å². The van der Waals surface area contributed by atoms with Gasteiger partial charge in [-0.2, -0.15) is 0 Å². The van der Waals surface area contributed by atoms with E-state index in [9.17, 15) is 13.2 Å². The number of halogens is 1. The molecule has 0 aliphatic carbocycles. The maximum atomic E-state index is 12.8. The molecule has 30 heavy (non-hydrogen) atoms. The highest BCUT2D eigenvalue weighted by Gasteiger charge is 2.35. The summed E-state index contributed by atoms with van der Waals surface area (Å²) in [4.78, 5) is 16.9. The van der Waals surface area contributed by atoms with Crippen molar-refractivity contribution in [1.82, 2.24) is 14.9 Å². The molecule has 10 heteroatoms. The lowest BCUT2D eigenvalue weighted by molar-refractivity contribution is -0.127. The maximum absolute atomic E-state index is 12.8. The van der Waals surface area contributed by atoms with Gasteiger partial charge in [0.15, 0.2) is 6.10 Å². The molecule has 8 nitrogen and oxygen atoms in total. The van der Waals surface area contributed by atoms with Crippen molar-refractivity contribution in [3.8, 4) is 11.4 Å². The van der Waals surface area contributed by atoms with Crippen LogP contribution in [0.5, 0.6) is 5.75 Å². The Balaban J connectivity index is 1.53. The quantitative estimate of drug-likeness (QED) is 0.649. The molecule has 0 unspecified atom stereocenters. The van der Waals surface area contributed by atoms with Crippen LogP contribution in [-0.4, -0.2) is 42.8 Å². The largest absolute Gasteiger partial charge is 0.476 e. The average molecular weight is 447 g/mol. The first-order valence-electron chi connectivity index (χ1n) is 9.11. The molecular weight excluding hydrogens is 428 g/mol. The lowest BCUT2D eigenvalue weighted by Gasteiger charge is -2.34. The SMILES string of the molecule is CS(=O)(=O)N1C[C@H](C(=O)NCc2ccccc2-n2ccnc2)Oc2ccc(Cl)cc21. The fourth-order valence-electron chi connectivity index (χ4n) is 3.29. The molecule has 0 spiro atoms. The predicted molar refractivity (Wildman–Crippen MR) is 113 cm³/mol. The van der Waals surface area contributed by atoms with Crippen LogP contribution < -0.4 is 14.4 Å². The highest BCUT2D eigenvalue weighted by molar-refractivity contribution is 7.92. The summed E-state index contributed by atoms with van der Waals surface area (Å²) < 4.78 is 33.3. The Kier molecular flexibility index (Phi) is 5.40. The van der Waals surface area contributed by atoms with Crippen molar-refractivity contribution >= 4 is 33.2 Å². The van der Waals surface area contributed by atoms with Gasteiger partial charge in [0.05, 0.1) is 30.5 Å². The number of carbonyl (C=O) groups is 1. The molecule has 2 heterocycles. The van der Waals surface area contributed by atoms with Crippen molar-refractivity contribution in [2.75, 3.05) is 17.1 Å². The van der Waals surface area contributed by atoms with Gasteiger partial charge in [0, 0.05) is 24.0 Å². The van der Waals surface area contributed by atoms with E-state index in [-0.39, 0.29) is 18.8 Å². The Hall–Kier alpha value is -3.04. The molecule has 1 atom stereocenters. The first-order chi connectivity index (χ1) is 14.3. The summed E-state index contributed by atoms with van der Waals surface area (Å²) >= 11 is 6.00. The van der Waals surface area contributed by atoms with Crippen molar-refractivity contribution in [2.24, 2.45) is 0 Å². The maximum Gasteiger partial charge on any atom is 0.263 e. The molecule has 2 aromatic carbocycles. The number of fused-ring (bicyclic) bond motifs is 1. The number of benzene rings is 2. The molecule has 0 saturated carbocycles. The number of nitrogens with one attached hydrogen (secondary N) is 1. The fraction of sp³-hybridized carbons (Fsp3) is 0.200. The van der Waals surface area contributed by atoms with E-state index in [1.807, 2.05) is 35.0 Å². The van der Waals surface area contributed by atoms with Gasteiger partial charge in [0.25, 0.3) is 5.91 Å². The van der Waals surface area contributed by atoms with Crippen molar-refractivity contribution in [1.29, 1.82) is 0 Å². The second-order valence-corrected chi connectivity index (χ2v) is 9.17. The summed E-state index contributed by atoms with van der Waals surface area (Å²) in [6.45, 7) is 0.112. The number of carbonyl (C=O) groups excluding carboxylic acids is 1. The van der Waals surface area contributed by atoms with Crippen LogP contribution >= 0.6 is 11.6 Å². The van der Waals surface area contributed by atoms with Crippen LogP contribution in [0.3, 0.4) is 0 Å². The van der Waals surface area contributed by atoms with Crippen LogP contribution in [0, 0.1) is 0 Å². The topological polar surface area (TPSA) is 93.5 Å². The smallest absolute Gasteiger partial charge is 0.263 e. The molecule has 1 aromatic heterocycles. The summed E-state index contributed by atoms with van der Waals surface area (Å²) in [5.74, 6) is -0.125. The van der Waals surface area contributed by atoms with Crippen LogP contribution in [0.1, 0.15) is 5.56 Å². The number of ether oxygens (including phenoxy) is 1. The van der Waals surface area contributed by atoms with Gasteiger partial charge in [-0.05, 0) is 29.8 Å². The van der Waals surface area contributed by atoms with Crippen molar-refractivity contribution in [3.63, 3.8) is 0 Å². The average Bonchev–Trinajstić information content (AvgIpc) is 3.25. The number of amides is 1. The summed E-state index contributed by atoms with van der Waals surface area (Å²) in [7, 11) is -3.62. The molecule has 3 aromatic rings. The van der Waals surface area contributed by atoms with Crippen LogP contribution in [0.15, 0.2) is 61.2 Å². The van der Waals surface area contributed by atoms with Crippen LogP contribution in [-0.2, 0) is 21.4 Å². The Bertz CT molecular complexity index is 1180. The predicted octanol–water partition coefficient (Wildman–Crippen LogP) is 2.37. The van der Waals surface area contributed by atoms with Crippen molar-refractivity contribution in [2.45, 2.75) is 12.6 Å². The molecule has 0 bridgehead atoms. The summed E-state index contributed by atoms with van der Waals surface area (Å²) in [6, 6.07) is 12.3. The number of sulfonamides is 1. The van der Waals surface area contributed by atoms with Crippen molar-refractivity contribution < 1.29 is 17.9 Å². The van der Waals surface area contributed by atoms with Gasteiger partial charge in [-0.1, -0.05) is 29.8 Å². The van der Waals surface area contributed by atoms with Crippen LogP contribution in [0.4, 0.5) is 5.69 Å². The number of aromatic nitrogens is 2. The number of imidazole rings is 1. The lowest BCUT2D eigenvalue weighted by Crippen LogP contribution is -2.50. The monoisotopic (exact) mass is 446 g/mol. The van der Waals surface area contributed by atoms with E-state index in [0.29, 0.717) is 10.7 Å². The van der Waals surface area contributed by atoms with Crippen molar-refractivity contribution in [3.05, 3.63) is 71.8 Å². The molecule has 1 N–H and O–H groups in total. The van der Waals surface area contributed by atoms with Gasteiger partial charge < -0.3 is 14.6 Å². The molecule has 1 amide bonds. The zero-order valence-electron chi connectivity index (χ0n) is 16.0. The molecular formula is C20H19ClN4O4S. The first kappa shape index (κ1) is 20.2. The second kappa shape index (κ2) is 8.00. The molecule has 0 fully saturated rings. The molecule has 4 rings (SSSR count). The standard InChI is InChI=1S/C20H19ClN4O4S/c1-30(27,28)25-12-19(29-18-7-6-15(21)10-17(18)25)20(26)23-11-14-4-2-3-5-16(14)24-9-8-22-13-24/h2-10,13,19H,11-12H2,1H3,(H,23,26)/t19-/m1/s1. The van der Waals surface area contributed by atoms with E-state index in [1.165, 1.54) is 6.07 Å². The normalized spacial score (nSPS) is 15.9. The minimum atomic E-state index is -3.62. The second-order valence-electron chi connectivity index (χ2n) is 6.83. The third-order valence-corrected chi connectivity index (χ3v) is 6.09. The Morgan fingerprint density at radius 1 is 1.27 bits per heavy atom. The third-order valence-electron chi connectivity index (χ3n) is 4.71. The highest BCUT2D eigenvalue weighted by Crippen LogP contribution is 2.37. The van der Waals surface area contributed by atoms with Crippen LogP contribution in [0.2, 0.25) is 5.02 Å². The summed E-state index contributed by atoms with van der Waals surface area (Å²) in [5, 5.41) is 3.22. The summed E-state index contributed by atoms with van der Waals surface area (Å²) in [6.07, 6.45) is 5.26. The number of rotatable bonds is 5. The number of hydrogen-bond donors (Lipinski definition) is 1. The summed E-state index contributed by atoms with van der Waals surface area (Å²) in [5.41, 5.74) is 2.09. The Morgan fingerprint density at radius 3 is 2.80 bits per heavy atom. The van der Waals surface area contributed by atoms with E-state index < -0.39 is 22.0 Å². The zero-order chi connectivity index (χ0) is 21.3. The van der Waals surface area contributed by atoms with Gasteiger partial charge in [-0.3, -0.25) is 9.10 Å². The molecule has 1 aliphatic heterocycles. The van der Waals surface area contributed by atoms with E-state index >= 15 is 0 Å². The van der Waals surface area contributed by atoms with Gasteiger partial charge in [0.1, 0.15) is 5.75 Å². The van der Waals surface area contributed by atoms with E-state index in [2.05, 4.69) is 10.3 Å². The Morgan fingerprint density at radius 2 is 2.07 bits per heavy atom.